The summed E-state index contributed by atoms with van der Waals surface area (Å²) in [6.07, 6.45) is 2.60. The summed E-state index contributed by atoms with van der Waals surface area (Å²) in [6, 6.07) is 12.5. The molecule has 3 aromatic rings. The topological polar surface area (TPSA) is 37.8 Å². The van der Waals surface area contributed by atoms with Gasteiger partial charge in [-0.25, -0.2) is 14.4 Å². The number of nitrogens with one attached hydrogen (secondary N) is 1. The maximum Gasteiger partial charge on any atom is 0.137 e. The van der Waals surface area contributed by atoms with Crippen molar-refractivity contribution in [3.8, 4) is 11.1 Å². The fourth-order valence-corrected chi connectivity index (χ4v) is 2.26. The molecule has 3 nitrogen and oxygen atoms in total. The van der Waals surface area contributed by atoms with Crippen molar-refractivity contribution in [3.05, 3.63) is 54.6 Å². The summed E-state index contributed by atoms with van der Waals surface area (Å²) in [5.41, 5.74) is 2.90. The summed E-state index contributed by atoms with van der Waals surface area (Å²) in [5, 5.41) is 4.29. The molecule has 1 N–H and O–H groups in total. The van der Waals surface area contributed by atoms with E-state index in [-0.39, 0.29) is 5.82 Å². The number of hydrogen-bond donors (Lipinski definition) is 1. The van der Waals surface area contributed by atoms with Gasteiger partial charge in [0.1, 0.15) is 18.0 Å². The van der Waals surface area contributed by atoms with Crippen molar-refractivity contribution < 1.29 is 4.39 Å². The first-order valence-corrected chi connectivity index (χ1v) is 7.02. The van der Waals surface area contributed by atoms with Gasteiger partial charge >= 0.3 is 0 Å². The minimum absolute atomic E-state index is 0.229. The smallest absolute Gasteiger partial charge is 0.137 e. The van der Waals surface area contributed by atoms with E-state index in [0.29, 0.717) is 0 Å². The lowest BCUT2D eigenvalue weighted by Crippen LogP contribution is -2.03. The van der Waals surface area contributed by atoms with Crippen molar-refractivity contribution in [1.82, 2.24) is 9.97 Å². The van der Waals surface area contributed by atoms with Crippen LogP contribution in [-0.2, 0) is 0 Å². The Morgan fingerprint density at radius 2 is 1.76 bits per heavy atom. The maximum atomic E-state index is 13.0. The molecule has 0 aliphatic rings. The maximum absolute atomic E-state index is 13.0. The van der Waals surface area contributed by atoms with Gasteiger partial charge in [0.15, 0.2) is 0 Å². The highest BCUT2D eigenvalue weighted by Gasteiger charge is 2.06. The van der Waals surface area contributed by atoms with Crippen molar-refractivity contribution in [1.29, 1.82) is 0 Å². The fourth-order valence-electron chi connectivity index (χ4n) is 2.26. The molecule has 0 unspecified atom stereocenters. The van der Waals surface area contributed by atoms with Crippen LogP contribution < -0.4 is 5.32 Å². The minimum Gasteiger partial charge on any atom is -0.369 e. The summed E-state index contributed by atoms with van der Waals surface area (Å²) in [4.78, 5) is 8.60. The van der Waals surface area contributed by atoms with E-state index in [2.05, 4.69) is 22.2 Å². The van der Waals surface area contributed by atoms with Gasteiger partial charge in [0.25, 0.3) is 0 Å². The van der Waals surface area contributed by atoms with Crippen LogP contribution in [0.25, 0.3) is 22.0 Å². The molecule has 0 spiro atoms. The number of aromatic nitrogens is 2. The van der Waals surface area contributed by atoms with Gasteiger partial charge in [-0.2, -0.15) is 0 Å². The van der Waals surface area contributed by atoms with Crippen molar-refractivity contribution in [2.45, 2.75) is 13.3 Å². The van der Waals surface area contributed by atoms with Gasteiger partial charge in [0, 0.05) is 11.9 Å². The zero-order chi connectivity index (χ0) is 14.7. The monoisotopic (exact) mass is 281 g/mol. The normalized spacial score (nSPS) is 10.8. The van der Waals surface area contributed by atoms with Crippen LogP contribution in [0.4, 0.5) is 10.2 Å². The van der Waals surface area contributed by atoms with E-state index in [1.165, 1.54) is 12.1 Å². The average Bonchev–Trinajstić information content (AvgIpc) is 2.53. The van der Waals surface area contributed by atoms with Gasteiger partial charge in [0.2, 0.25) is 0 Å². The predicted octanol–water partition coefficient (Wildman–Crippen LogP) is 4.26. The van der Waals surface area contributed by atoms with Gasteiger partial charge < -0.3 is 5.32 Å². The fraction of sp³-hybridized carbons (Fsp3) is 0.176. The summed E-state index contributed by atoms with van der Waals surface area (Å²) in [5.74, 6) is 0.610. The molecule has 21 heavy (non-hydrogen) atoms. The summed E-state index contributed by atoms with van der Waals surface area (Å²) < 4.78 is 13.0. The molecule has 0 radical (unpaired) electrons. The Labute approximate surface area is 122 Å². The number of anilines is 1. The Morgan fingerprint density at radius 3 is 2.52 bits per heavy atom. The van der Waals surface area contributed by atoms with E-state index in [4.69, 9.17) is 0 Å². The zero-order valence-electron chi connectivity index (χ0n) is 11.8. The van der Waals surface area contributed by atoms with Crippen LogP contribution in [0.15, 0.2) is 48.8 Å². The van der Waals surface area contributed by atoms with Gasteiger partial charge in [0.05, 0.1) is 5.52 Å². The van der Waals surface area contributed by atoms with Crippen LogP contribution in [0.5, 0.6) is 0 Å². The molecule has 1 aromatic heterocycles. The molecular weight excluding hydrogens is 265 g/mol. The molecule has 4 heteroatoms. The summed E-state index contributed by atoms with van der Waals surface area (Å²) in [6.45, 7) is 2.98. The van der Waals surface area contributed by atoms with Crippen LogP contribution >= 0.6 is 0 Å². The first-order chi connectivity index (χ1) is 10.3. The number of benzene rings is 2. The van der Waals surface area contributed by atoms with E-state index in [9.17, 15) is 4.39 Å². The highest BCUT2D eigenvalue weighted by molar-refractivity contribution is 5.92. The number of halogens is 1. The summed E-state index contributed by atoms with van der Waals surface area (Å²) in [7, 11) is 0. The Kier molecular flexibility index (Phi) is 3.77. The molecule has 0 saturated carbocycles. The highest BCUT2D eigenvalue weighted by atomic mass is 19.1. The largest absolute Gasteiger partial charge is 0.369 e. The number of hydrogen-bond acceptors (Lipinski definition) is 3. The van der Waals surface area contributed by atoms with Crippen LogP contribution in [0, 0.1) is 5.82 Å². The van der Waals surface area contributed by atoms with Gasteiger partial charge in [-0.05, 0) is 41.8 Å². The molecule has 0 aliphatic heterocycles. The van der Waals surface area contributed by atoms with Gasteiger partial charge in [-0.1, -0.05) is 25.1 Å². The third kappa shape index (κ3) is 2.84. The Morgan fingerprint density at radius 1 is 1.00 bits per heavy atom. The second-order valence-electron chi connectivity index (χ2n) is 4.89. The second-order valence-corrected chi connectivity index (χ2v) is 4.89. The van der Waals surface area contributed by atoms with Crippen molar-refractivity contribution in [2.24, 2.45) is 0 Å². The lowest BCUT2D eigenvalue weighted by Gasteiger charge is -2.09. The van der Waals surface area contributed by atoms with E-state index in [1.54, 1.807) is 18.5 Å². The SMILES string of the molecule is CCCNc1ncnc2ccc(-c3ccc(F)cc3)cc12. The van der Waals surface area contributed by atoms with E-state index >= 15 is 0 Å². The van der Waals surface area contributed by atoms with E-state index in [1.807, 2.05) is 18.2 Å². The molecule has 2 aromatic carbocycles. The van der Waals surface area contributed by atoms with Crippen LogP contribution in [0.1, 0.15) is 13.3 Å². The molecule has 106 valence electrons. The van der Waals surface area contributed by atoms with Crippen molar-refractivity contribution in [2.75, 3.05) is 11.9 Å². The number of nitrogens with zero attached hydrogens (tertiary/aromatic N) is 2. The molecule has 0 bridgehead atoms. The lowest BCUT2D eigenvalue weighted by atomic mass is 10.0. The van der Waals surface area contributed by atoms with Crippen LogP contribution in [-0.4, -0.2) is 16.5 Å². The molecule has 3 rings (SSSR count). The molecule has 0 fully saturated rings. The predicted molar refractivity (Wildman–Crippen MR) is 83.7 cm³/mol. The zero-order valence-corrected chi connectivity index (χ0v) is 11.8. The van der Waals surface area contributed by atoms with Crippen LogP contribution in [0.3, 0.4) is 0 Å². The minimum atomic E-state index is -0.229. The van der Waals surface area contributed by atoms with Crippen LogP contribution in [0.2, 0.25) is 0 Å². The standard InChI is InChI=1S/C17H16FN3/c1-2-9-19-17-15-10-13(5-8-16(15)20-11-21-17)12-3-6-14(18)7-4-12/h3-8,10-11H,2,9H2,1H3,(H,19,20,21). The van der Waals surface area contributed by atoms with Crippen molar-refractivity contribution in [3.63, 3.8) is 0 Å². The van der Waals surface area contributed by atoms with E-state index < -0.39 is 0 Å². The quantitative estimate of drug-likeness (QED) is 0.776. The molecular formula is C17H16FN3. The number of rotatable bonds is 4. The molecule has 1 heterocycles. The Balaban J connectivity index is 2.07. The first kappa shape index (κ1) is 13.5. The third-order valence-corrected chi connectivity index (χ3v) is 3.36. The average molecular weight is 281 g/mol. The molecule has 0 atom stereocenters. The van der Waals surface area contributed by atoms with Gasteiger partial charge in [-0.3, -0.25) is 0 Å². The highest BCUT2D eigenvalue weighted by Crippen LogP contribution is 2.27. The summed E-state index contributed by atoms with van der Waals surface area (Å²) >= 11 is 0. The third-order valence-electron chi connectivity index (χ3n) is 3.36. The van der Waals surface area contributed by atoms with Crippen molar-refractivity contribution >= 4 is 16.7 Å². The Hall–Kier alpha value is -2.49. The number of fused-ring (bicyclic) bond motifs is 1. The van der Waals surface area contributed by atoms with Gasteiger partial charge in [-0.15, -0.1) is 0 Å². The van der Waals surface area contributed by atoms with E-state index in [0.717, 1.165) is 40.8 Å². The first-order valence-electron chi connectivity index (χ1n) is 7.02. The molecule has 0 aliphatic carbocycles. The Bertz CT molecular complexity index is 754. The molecule has 0 saturated heterocycles. The lowest BCUT2D eigenvalue weighted by molar-refractivity contribution is 0.628. The molecule has 0 amide bonds. The second kappa shape index (κ2) is 5.87.